The normalized spacial score (nSPS) is 11.5. The monoisotopic (exact) mass is 186 g/mol. The Balaban J connectivity index is 2.36. The lowest BCUT2D eigenvalue weighted by atomic mass is 10.2. The molecule has 2 heteroatoms. The zero-order valence-electron chi connectivity index (χ0n) is 7.94. The van der Waals surface area contributed by atoms with Gasteiger partial charge in [0.2, 0.25) is 0 Å². The van der Waals surface area contributed by atoms with Crippen LogP contribution in [-0.4, -0.2) is 4.98 Å². The summed E-state index contributed by atoms with van der Waals surface area (Å²) in [7, 11) is 0. The maximum atomic E-state index is 5.28. The molecule has 0 fully saturated rings. The van der Waals surface area contributed by atoms with Gasteiger partial charge in [0.05, 0.1) is 12.0 Å². The van der Waals surface area contributed by atoms with Gasteiger partial charge in [-0.15, -0.1) is 0 Å². The second kappa shape index (κ2) is 4.09. The summed E-state index contributed by atoms with van der Waals surface area (Å²) in [5, 5.41) is 1.06. The minimum atomic E-state index is 0.884. The first-order valence-corrected chi connectivity index (χ1v) is 4.70. The summed E-state index contributed by atoms with van der Waals surface area (Å²) in [6.45, 7) is 3.78. The van der Waals surface area contributed by atoms with E-state index in [2.05, 4.69) is 18.0 Å². The van der Waals surface area contributed by atoms with Crippen LogP contribution in [0.4, 0.5) is 0 Å². The third-order valence-corrected chi connectivity index (χ3v) is 2.06. The molecule has 0 unspecified atom stereocenters. The third kappa shape index (κ3) is 1.69. The number of hydrogen-bond acceptors (Lipinski definition) is 2. The van der Waals surface area contributed by atoms with Gasteiger partial charge in [-0.2, -0.15) is 0 Å². The van der Waals surface area contributed by atoms with Crippen molar-refractivity contribution in [1.82, 2.24) is 4.98 Å². The van der Waals surface area contributed by atoms with Crippen molar-refractivity contribution in [2.75, 3.05) is 0 Å². The van der Waals surface area contributed by atoms with E-state index in [9.17, 15) is 0 Å². The van der Waals surface area contributed by atoms with Crippen LogP contribution in [0.2, 0.25) is 0 Å². The first-order chi connectivity index (χ1) is 6.92. The summed E-state index contributed by atoms with van der Waals surface area (Å²) in [6.07, 6.45) is 9.44. The van der Waals surface area contributed by atoms with Crippen LogP contribution >= 0.6 is 0 Å². The molecule has 2 nitrogen and oxygen atoms in total. The van der Waals surface area contributed by atoms with Crippen molar-refractivity contribution >= 4 is 17.0 Å². The van der Waals surface area contributed by atoms with Crippen LogP contribution in [0.15, 0.2) is 35.1 Å². The van der Waals surface area contributed by atoms with Crippen LogP contribution in [-0.2, 0) is 0 Å². The van der Waals surface area contributed by atoms with Gasteiger partial charge in [-0.1, -0.05) is 13.0 Å². The van der Waals surface area contributed by atoms with Gasteiger partial charge in [0.15, 0.2) is 0 Å². The van der Waals surface area contributed by atoms with Gasteiger partial charge in [0.1, 0.15) is 5.58 Å². The highest BCUT2D eigenvalue weighted by Gasteiger charge is 2.00. The molecule has 0 saturated heterocycles. The highest BCUT2D eigenvalue weighted by Crippen LogP contribution is 2.18. The molecule has 0 N–H and O–H groups in total. The Morgan fingerprint density at radius 3 is 3.21 bits per heavy atom. The summed E-state index contributed by atoms with van der Waals surface area (Å²) in [5.41, 5.74) is 1.85. The highest BCUT2D eigenvalue weighted by molar-refractivity contribution is 5.84. The van der Waals surface area contributed by atoms with Crippen molar-refractivity contribution in [2.24, 2.45) is 0 Å². The van der Waals surface area contributed by atoms with Crippen LogP contribution in [0.3, 0.4) is 0 Å². The Hall–Kier alpha value is -1.57. The summed E-state index contributed by atoms with van der Waals surface area (Å²) in [6, 6.07) is 3.81. The lowest BCUT2D eigenvalue weighted by molar-refractivity contribution is 0.615. The fourth-order valence-electron chi connectivity index (χ4n) is 1.36. The quantitative estimate of drug-likeness (QED) is 0.733. The van der Waals surface area contributed by atoms with Crippen molar-refractivity contribution in [3.8, 4) is 0 Å². The van der Waals surface area contributed by atoms with Crippen LogP contribution in [0.25, 0.3) is 17.0 Å². The van der Waals surface area contributed by atoms with Crippen molar-refractivity contribution in [1.29, 1.82) is 0 Å². The largest absolute Gasteiger partial charge is 0.464 e. The number of furan rings is 1. The molecule has 0 aliphatic rings. The molecule has 2 aromatic heterocycles. The number of aromatic nitrogens is 1. The van der Waals surface area contributed by atoms with E-state index in [1.807, 2.05) is 18.2 Å². The van der Waals surface area contributed by atoms with Crippen LogP contribution in [0.1, 0.15) is 18.5 Å². The standard InChI is InChI=1S/C12H12NO/c1-2-3-4-5-11-10-7-9-14-12(10)6-8-13-11/h4-9H,1-3H2. The second-order valence-electron chi connectivity index (χ2n) is 3.07. The number of nitrogens with zero attached hydrogens (tertiary/aromatic N) is 1. The number of unbranched alkanes of at least 4 members (excludes halogenated alkanes) is 1. The topological polar surface area (TPSA) is 26.0 Å². The number of pyridine rings is 1. The van der Waals surface area contributed by atoms with Gasteiger partial charge in [-0.25, -0.2) is 0 Å². The predicted octanol–water partition coefficient (Wildman–Crippen LogP) is 3.46. The van der Waals surface area contributed by atoms with Crippen LogP contribution in [0.5, 0.6) is 0 Å². The van der Waals surface area contributed by atoms with Gasteiger partial charge >= 0.3 is 0 Å². The van der Waals surface area contributed by atoms with E-state index in [0.717, 1.165) is 29.5 Å². The summed E-state index contributed by atoms with van der Waals surface area (Å²) in [4.78, 5) is 4.28. The zero-order valence-corrected chi connectivity index (χ0v) is 7.94. The highest BCUT2D eigenvalue weighted by atomic mass is 16.3. The second-order valence-corrected chi connectivity index (χ2v) is 3.07. The summed E-state index contributed by atoms with van der Waals surface area (Å²) in [5.74, 6) is 0. The van der Waals surface area contributed by atoms with Crippen molar-refractivity contribution in [3.05, 3.63) is 43.3 Å². The molecule has 0 saturated carbocycles. The van der Waals surface area contributed by atoms with Crippen LogP contribution in [0, 0.1) is 6.92 Å². The Bertz CT molecular complexity index is 442. The number of hydrogen-bond donors (Lipinski definition) is 0. The Labute approximate surface area is 83.3 Å². The lowest BCUT2D eigenvalue weighted by Crippen LogP contribution is -1.79. The SMILES string of the molecule is [CH2]CCC=Cc1nccc2occc12. The fourth-order valence-corrected chi connectivity index (χ4v) is 1.36. The molecule has 0 bridgehead atoms. The summed E-state index contributed by atoms with van der Waals surface area (Å²) < 4.78 is 5.28. The molecule has 2 rings (SSSR count). The molecule has 0 amide bonds. The fraction of sp³-hybridized carbons (Fsp3) is 0.167. The Morgan fingerprint density at radius 1 is 1.43 bits per heavy atom. The molecule has 1 radical (unpaired) electrons. The molecular formula is C12H12NO. The maximum Gasteiger partial charge on any atom is 0.137 e. The Kier molecular flexibility index (Phi) is 2.63. The van der Waals surface area contributed by atoms with E-state index >= 15 is 0 Å². The molecule has 0 atom stereocenters. The molecule has 0 aliphatic carbocycles. The Morgan fingerprint density at radius 2 is 2.36 bits per heavy atom. The van der Waals surface area contributed by atoms with Gasteiger partial charge in [-0.3, -0.25) is 4.98 Å². The van der Waals surface area contributed by atoms with Crippen molar-refractivity contribution < 1.29 is 4.42 Å². The van der Waals surface area contributed by atoms with Crippen molar-refractivity contribution in [2.45, 2.75) is 12.8 Å². The van der Waals surface area contributed by atoms with E-state index < -0.39 is 0 Å². The molecular weight excluding hydrogens is 174 g/mol. The van der Waals surface area contributed by atoms with E-state index in [1.54, 1.807) is 12.5 Å². The average molecular weight is 186 g/mol. The number of allylic oxidation sites excluding steroid dienone is 1. The van der Waals surface area contributed by atoms with Gasteiger partial charge < -0.3 is 4.42 Å². The molecule has 2 aromatic rings. The molecule has 71 valence electrons. The first-order valence-electron chi connectivity index (χ1n) is 4.70. The molecule has 14 heavy (non-hydrogen) atoms. The average Bonchev–Trinajstić information content (AvgIpc) is 2.67. The third-order valence-electron chi connectivity index (χ3n) is 2.06. The van der Waals surface area contributed by atoms with E-state index in [-0.39, 0.29) is 0 Å². The first kappa shape index (κ1) is 9.00. The summed E-state index contributed by atoms with van der Waals surface area (Å²) >= 11 is 0. The number of rotatable bonds is 3. The zero-order chi connectivity index (χ0) is 9.80. The van der Waals surface area contributed by atoms with Crippen LogP contribution < -0.4 is 0 Å². The maximum absolute atomic E-state index is 5.28. The number of fused-ring (bicyclic) bond motifs is 1. The predicted molar refractivity (Wildman–Crippen MR) is 57.6 cm³/mol. The van der Waals surface area contributed by atoms with Gasteiger partial charge in [0.25, 0.3) is 0 Å². The van der Waals surface area contributed by atoms with Gasteiger partial charge in [-0.05, 0) is 31.1 Å². The minimum Gasteiger partial charge on any atom is -0.464 e. The smallest absolute Gasteiger partial charge is 0.137 e. The molecule has 0 aromatic carbocycles. The molecule has 0 spiro atoms. The lowest BCUT2D eigenvalue weighted by Gasteiger charge is -1.93. The molecule has 2 heterocycles. The minimum absolute atomic E-state index is 0.884. The van der Waals surface area contributed by atoms with E-state index in [1.165, 1.54) is 0 Å². The van der Waals surface area contributed by atoms with Crippen molar-refractivity contribution in [3.63, 3.8) is 0 Å². The van der Waals surface area contributed by atoms with E-state index in [0.29, 0.717) is 0 Å². The molecule has 0 aliphatic heterocycles. The van der Waals surface area contributed by atoms with Gasteiger partial charge in [0, 0.05) is 11.6 Å². The van der Waals surface area contributed by atoms with E-state index in [4.69, 9.17) is 4.42 Å².